The SMILES string of the molecule is O=[N+]([O-])c1cnc2ccc(NC3CCCc4sc(-c5ccc(F)cc5)nc43)nn12. The normalized spacial score (nSPS) is 16.0. The highest BCUT2D eigenvalue weighted by Gasteiger charge is 2.26. The Kier molecular flexibility index (Phi) is 4.20. The number of hydrogen-bond acceptors (Lipinski definition) is 7. The zero-order valence-corrected chi connectivity index (χ0v) is 15.9. The quantitative estimate of drug-likeness (QED) is 0.396. The van der Waals surface area contributed by atoms with Gasteiger partial charge in [0.05, 0.1) is 11.7 Å². The molecule has 0 fully saturated rings. The molecule has 0 aliphatic heterocycles. The Morgan fingerprint density at radius 1 is 1.24 bits per heavy atom. The van der Waals surface area contributed by atoms with Crippen molar-refractivity contribution in [1.82, 2.24) is 19.6 Å². The first-order valence-electron chi connectivity index (χ1n) is 9.10. The minimum atomic E-state index is -0.509. The first-order valence-corrected chi connectivity index (χ1v) is 9.91. The van der Waals surface area contributed by atoms with E-state index in [2.05, 4.69) is 15.4 Å². The number of nitrogens with zero attached hydrogens (tertiary/aromatic N) is 5. The Morgan fingerprint density at radius 3 is 2.86 bits per heavy atom. The van der Waals surface area contributed by atoms with E-state index in [1.165, 1.54) is 27.7 Å². The molecular weight excluding hydrogens is 395 g/mol. The largest absolute Gasteiger partial charge is 0.368 e. The lowest BCUT2D eigenvalue weighted by Crippen LogP contribution is -2.18. The van der Waals surface area contributed by atoms with Gasteiger partial charge in [0.2, 0.25) is 5.65 Å². The van der Waals surface area contributed by atoms with E-state index in [0.29, 0.717) is 11.5 Å². The number of hydrogen-bond donors (Lipinski definition) is 1. The number of fused-ring (bicyclic) bond motifs is 2. The highest BCUT2D eigenvalue weighted by molar-refractivity contribution is 7.15. The van der Waals surface area contributed by atoms with Gasteiger partial charge in [-0.15, -0.1) is 11.3 Å². The summed E-state index contributed by atoms with van der Waals surface area (Å²) in [5.41, 5.74) is 2.26. The van der Waals surface area contributed by atoms with Gasteiger partial charge in [0.1, 0.15) is 17.0 Å². The third-order valence-corrected chi connectivity index (χ3v) is 6.08. The first-order chi connectivity index (χ1) is 14.1. The molecule has 1 aromatic carbocycles. The van der Waals surface area contributed by atoms with Gasteiger partial charge in [-0.1, -0.05) is 9.61 Å². The first kappa shape index (κ1) is 17.7. The van der Waals surface area contributed by atoms with Crippen LogP contribution in [0.1, 0.15) is 29.5 Å². The van der Waals surface area contributed by atoms with Crippen LogP contribution < -0.4 is 5.32 Å². The standard InChI is InChI=1S/C19H15FN6O2S/c20-12-6-4-11(5-7-12)19-23-18-13(2-1-3-14(18)29-19)22-15-8-9-16-21-10-17(26(27)28)25(16)24-15/h4-10,13H,1-3H2,(H,22,24). The Morgan fingerprint density at radius 2 is 2.07 bits per heavy atom. The zero-order valence-electron chi connectivity index (χ0n) is 15.1. The van der Waals surface area contributed by atoms with Gasteiger partial charge in [-0.3, -0.25) is 0 Å². The molecule has 1 aliphatic carbocycles. The fourth-order valence-electron chi connectivity index (χ4n) is 3.52. The van der Waals surface area contributed by atoms with Crippen molar-refractivity contribution in [3.63, 3.8) is 0 Å². The van der Waals surface area contributed by atoms with E-state index in [1.54, 1.807) is 35.6 Å². The average Bonchev–Trinajstić information content (AvgIpc) is 3.33. The van der Waals surface area contributed by atoms with E-state index in [-0.39, 0.29) is 17.7 Å². The molecule has 0 amide bonds. The lowest BCUT2D eigenvalue weighted by Gasteiger charge is -2.22. The molecule has 0 spiro atoms. The molecule has 29 heavy (non-hydrogen) atoms. The van der Waals surface area contributed by atoms with Crippen molar-refractivity contribution in [2.75, 3.05) is 5.32 Å². The number of aryl methyl sites for hydroxylation is 1. The summed E-state index contributed by atoms with van der Waals surface area (Å²) in [7, 11) is 0. The fourth-order valence-corrected chi connectivity index (χ4v) is 4.69. The summed E-state index contributed by atoms with van der Waals surface area (Å²) in [6.07, 6.45) is 4.03. The van der Waals surface area contributed by atoms with Gasteiger partial charge in [-0.05, 0) is 54.5 Å². The minimum Gasteiger partial charge on any atom is -0.359 e. The zero-order chi connectivity index (χ0) is 20.0. The van der Waals surface area contributed by atoms with Crippen molar-refractivity contribution >= 4 is 28.6 Å². The molecule has 1 N–H and O–H groups in total. The highest BCUT2D eigenvalue weighted by atomic mass is 32.1. The van der Waals surface area contributed by atoms with Gasteiger partial charge in [-0.25, -0.2) is 14.4 Å². The molecule has 0 saturated heterocycles. The van der Waals surface area contributed by atoms with Crippen LogP contribution in [-0.2, 0) is 6.42 Å². The molecule has 10 heteroatoms. The summed E-state index contributed by atoms with van der Waals surface area (Å²) in [5.74, 6) is 0.0673. The number of rotatable bonds is 4. The summed E-state index contributed by atoms with van der Waals surface area (Å²) in [4.78, 5) is 20.6. The van der Waals surface area contributed by atoms with Crippen LogP contribution in [0.2, 0.25) is 0 Å². The van der Waals surface area contributed by atoms with E-state index in [1.807, 2.05) is 0 Å². The van der Waals surface area contributed by atoms with Gasteiger partial charge in [0, 0.05) is 16.5 Å². The lowest BCUT2D eigenvalue weighted by molar-refractivity contribution is -0.391. The van der Waals surface area contributed by atoms with Crippen molar-refractivity contribution in [3.8, 4) is 10.6 Å². The fraction of sp³-hybridized carbons (Fsp3) is 0.211. The molecule has 1 unspecified atom stereocenters. The molecule has 5 rings (SSSR count). The number of halogens is 1. The second-order valence-corrected chi connectivity index (χ2v) is 7.87. The topological polar surface area (TPSA) is 98.2 Å². The molecule has 1 aliphatic rings. The van der Waals surface area contributed by atoms with Crippen LogP contribution in [0.3, 0.4) is 0 Å². The molecular formula is C19H15FN6O2S. The number of benzene rings is 1. The predicted octanol–water partition coefficient (Wildman–Crippen LogP) is 4.39. The third-order valence-electron chi connectivity index (χ3n) is 4.90. The molecule has 8 nitrogen and oxygen atoms in total. The van der Waals surface area contributed by atoms with E-state index in [0.717, 1.165) is 35.5 Å². The number of thiazole rings is 1. The Balaban J connectivity index is 1.46. The van der Waals surface area contributed by atoms with Gasteiger partial charge >= 0.3 is 5.82 Å². The smallest absolute Gasteiger partial charge is 0.359 e. The second-order valence-electron chi connectivity index (χ2n) is 6.79. The average molecular weight is 410 g/mol. The maximum Gasteiger partial charge on any atom is 0.368 e. The molecule has 3 aromatic heterocycles. The Hall–Kier alpha value is -3.40. The Bertz CT molecular complexity index is 1220. The van der Waals surface area contributed by atoms with Crippen molar-refractivity contribution in [2.45, 2.75) is 25.3 Å². The lowest BCUT2D eigenvalue weighted by atomic mass is 9.97. The maximum absolute atomic E-state index is 13.2. The van der Waals surface area contributed by atoms with E-state index in [9.17, 15) is 14.5 Å². The summed E-state index contributed by atoms with van der Waals surface area (Å²) in [6, 6.07) is 9.73. The summed E-state index contributed by atoms with van der Waals surface area (Å²) < 4.78 is 14.4. The monoisotopic (exact) mass is 410 g/mol. The number of nitrogens with one attached hydrogen (secondary N) is 1. The van der Waals surface area contributed by atoms with Crippen molar-refractivity contribution in [3.05, 3.63) is 69.1 Å². The molecule has 0 bridgehead atoms. The van der Waals surface area contributed by atoms with E-state index in [4.69, 9.17) is 4.98 Å². The van der Waals surface area contributed by atoms with Crippen LogP contribution in [-0.4, -0.2) is 24.5 Å². The molecule has 146 valence electrons. The predicted molar refractivity (Wildman–Crippen MR) is 106 cm³/mol. The van der Waals surface area contributed by atoms with Crippen LogP contribution in [0.5, 0.6) is 0 Å². The van der Waals surface area contributed by atoms with E-state index >= 15 is 0 Å². The van der Waals surface area contributed by atoms with Gasteiger partial charge in [-0.2, -0.15) is 0 Å². The third kappa shape index (κ3) is 3.21. The molecule has 0 saturated carbocycles. The second kappa shape index (κ2) is 6.89. The van der Waals surface area contributed by atoms with Crippen LogP contribution in [0.4, 0.5) is 16.0 Å². The van der Waals surface area contributed by atoms with Crippen molar-refractivity contribution in [2.24, 2.45) is 0 Å². The van der Waals surface area contributed by atoms with Crippen molar-refractivity contribution in [1.29, 1.82) is 0 Å². The molecule has 0 radical (unpaired) electrons. The van der Waals surface area contributed by atoms with Crippen LogP contribution in [0.15, 0.2) is 42.6 Å². The van der Waals surface area contributed by atoms with Gasteiger partial charge < -0.3 is 15.4 Å². The summed E-state index contributed by atoms with van der Waals surface area (Å²) in [5, 5.41) is 19.7. The molecule has 3 heterocycles. The van der Waals surface area contributed by atoms with Crippen LogP contribution in [0.25, 0.3) is 16.2 Å². The Labute approximate surface area is 168 Å². The van der Waals surface area contributed by atoms with Crippen LogP contribution in [0, 0.1) is 15.9 Å². The number of nitro groups is 1. The van der Waals surface area contributed by atoms with Crippen LogP contribution >= 0.6 is 11.3 Å². The highest BCUT2D eigenvalue weighted by Crippen LogP contribution is 2.38. The van der Waals surface area contributed by atoms with Gasteiger partial charge in [0.15, 0.2) is 5.82 Å². The number of anilines is 1. The summed E-state index contributed by atoms with van der Waals surface area (Å²) in [6.45, 7) is 0. The molecule has 4 aromatic rings. The molecule has 1 atom stereocenters. The van der Waals surface area contributed by atoms with Crippen molar-refractivity contribution < 1.29 is 9.31 Å². The maximum atomic E-state index is 13.2. The summed E-state index contributed by atoms with van der Waals surface area (Å²) >= 11 is 1.62. The number of imidazole rings is 1. The van der Waals surface area contributed by atoms with Gasteiger partial charge in [0.25, 0.3) is 0 Å². The number of aromatic nitrogens is 4. The van der Waals surface area contributed by atoms with E-state index < -0.39 is 4.92 Å². The minimum absolute atomic E-state index is 0.0447.